The Kier molecular flexibility index (Phi) is 4.50. The molecule has 18 heavy (non-hydrogen) atoms. The van der Waals surface area contributed by atoms with Gasteiger partial charge >= 0.3 is 0 Å². The molecule has 0 aromatic carbocycles. The molecular weight excluding hydrogens is 238 g/mol. The van der Waals surface area contributed by atoms with Gasteiger partial charge in [0.15, 0.2) is 0 Å². The van der Waals surface area contributed by atoms with Crippen molar-refractivity contribution in [1.82, 2.24) is 5.32 Å². The predicted molar refractivity (Wildman–Crippen MR) is 82.2 cm³/mol. The lowest BCUT2D eigenvalue weighted by Crippen LogP contribution is -2.15. The van der Waals surface area contributed by atoms with Gasteiger partial charge < -0.3 is 5.32 Å². The highest BCUT2D eigenvalue weighted by atomic mass is 32.1. The number of hydrogen-bond acceptors (Lipinski definition) is 2. The Morgan fingerprint density at radius 1 is 1.33 bits per heavy atom. The molecule has 0 unspecified atom stereocenters. The minimum Gasteiger partial charge on any atom is -0.385 e. The third-order valence-electron chi connectivity index (χ3n) is 3.77. The number of unbranched alkanes of at least 4 members (excludes halogenated alkanes) is 1. The second kappa shape index (κ2) is 5.92. The average Bonchev–Trinajstić information content (AvgIpc) is 3.10. The minimum absolute atomic E-state index is 0.904. The first-order chi connectivity index (χ1) is 8.63. The van der Waals surface area contributed by atoms with Crippen LogP contribution in [0.1, 0.15) is 53.5 Å². The largest absolute Gasteiger partial charge is 0.385 e. The summed E-state index contributed by atoms with van der Waals surface area (Å²) in [5, 5.41) is 3.54. The first-order valence-electron chi connectivity index (χ1n) is 7.15. The maximum absolute atomic E-state index is 4.26. The third-order valence-corrected chi connectivity index (χ3v) is 4.83. The van der Waals surface area contributed by atoms with E-state index in [4.69, 9.17) is 0 Å². The number of thiophene rings is 1. The zero-order valence-electron chi connectivity index (χ0n) is 11.9. The van der Waals surface area contributed by atoms with Crippen LogP contribution in [0.15, 0.2) is 6.58 Å². The van der Waals surface area contributed by atoms with Gasteiger partial charge in [-0.05, 0) is 51.0 Å². The molecule has 1 aromatic rings. The summed E-state index contributed by atoms with van der Waals surface area (Å²) in [5.41, 5.74) is 4.09. The minimum atomic E-state index is 0.904. The molecule has 1 fully saturated rings. The molecule has 0 bridgehead atoms. The van der Waals surface area contributed by atoms with Crippen LogP contribution in [0.2, 0.25) is 0 Å². The quantitative estimate of drug-likeness (QED) is 0.753. The van der Waals surface area contributed by atoms with Crippen LogP contribution < -0.4 is 5.32 Å². The van der Waals surface area contributed by atoms with Gasteiger partial charge in [0.25, 0.3) is 0 Å². The monoisotopic (exact) mass is 263 g/mol. The summed E-state index contributed by atoms with van der Waals surface area (Å²) in [6, 6.07) is 0. The van der Waals surface area contributed by atoms with Crippen molar-refractivity contribution in [1.29, 1.82) is 0 Å². The van der Waals surface area contributed by atoms with Crippen molar-refractivity contribution in [3.63, 3.8) is 0 Å². The van der Waals surface area contributed by atoms with Crippen LogP contribution in [0.25, 0.3) is 5.70 Å². The van der Waals surface area contributed by atoms with Gasteiger partial charge in [-0.1, -0.05) is 19.9 Å². The summed E-state index contributed by atoms with van der Waals surface area (Å²) in [6.07, 6.45) is 6.52. The van der Waals surface area contributed by atoms with E-state index in [0.717, 1.165) is 18.2 Å². The standard InChI is InChI=1S/C16H25NS/c1-5-6-7-15-12(3)18-13(4)16(15)11(2)17-10-14-8-9-14/h14,17H,2,5-10H2,1,3-4H3. The number of nitrogens with one attached hydrogen (secondary N) is 1. The molecule has 1 N–H and O–H groups in total. The molecule has 0 spiro atoms. The summed E-state index contributed by atoms with van der Waals surface area (Å²) in [5.74, 6) is 0.904. The molecule has 0 aliphatic heterocycles. The number of rotatable bonds is 7. The summed E-state index contributed by atoms with van der Waals surface area (Å²) in [7, 11) is 0. The summed E-state index contributed by atoms with van der Waals surface area (Å²) >= 11 is 1.92. The van der Waals surface area contributed by atoms with E-state index in [9.17, 15) is 0 Å². The van der Waals surface area contributed by atoms with E-state index >= 15 is 0 Å². The van der Waals surface area contributed by atoms with E-state index in [1.165, 1.54) is 53.0 Å². The van der Waals surface area contributed by atoms with E-state index in [2.05, 4.69) is 32.7 Å². The molecule has 1 aliphatic rings. The van der Waals surface area contributed by atoms with Crippen LogP contribution in [0.3, 0.4) is 0 Å². The normalized spacial score (nSPS) is 14.8. The van der Waals surface area contributed by atoms with E-state index in [0.29, 0.717) is 0 Å². The van der Waals surface area contributed by atoms with Gasteiger partial charge in [0.05, 0.1) is 0 Å². The van der Waals surface area contributed by atoms with Crippen LogP contribution in [0.4, 0.5) is 0 Å². The van der Waals surface area contributed by atoms with Gasteiger partial charge in [-0.15, -0.1) is 11.3 Å². The summed E-state index contributed by atoms with van der Waals surface area (Å²) in [6.45, 7) is 12.1. The lowest BCUT2D eigenvalue weighted by molar-refractivity contribution is 0.755. The zero-order chi connectivity index (χ0) is 13.1. The molecule has 2 rings (SSSR count). The Hall–Kier alpha value is -0.760. The zero-order valence-corrected chi connectivity index (χ0v) is 12.8. The highest BCUT2D eigenvalue weighted by molar-refractivity contribution is 7.12. The van der Waals surface area contributed by atoms with Crippen molar-refractivity contribution in [3.05, 3.63) is 27.5 Å². The Balaban J connectivity index is 2.10. The molecule has 0 atom stereocenters. The average molecular weight is 263 g/mol. The lowest BCUT2D eigenvalue weighted by Gasteiger charge is -2.12. The van der Waals surface area contributed by atoms with Crippen molar-refractivity contribution in [3.8, 4) is 0 Å². The molecule has 0 radical (unpaired) electrons. The smallest absolute Gasteiger partial charge is 0.0354 e. The molecule has 1 heterocycles. The molecule has 0 amide bonds. The fourth-order valence-electron chi connectivity index (χ4n) is 2.46. The molecule has 100 valence electrons. The first-order valence-corrected chi connectivity index (χ1v) is 7.97. The Morgan fingerprint density at radius 3 is 2.67 bits per heavy atom. The van der Waals surface area contributed by atoms with Gasteiger partial charge in [-0.3, -0.25) is 0 Å². The van der Waals surface area contributed by atoms with Gasteiger partial charge in [0.1, 0.15) is 0 Å². The van der Waals surface area contributed by atoms with E-state index in [1.54, 1.807) is 0 Å². The molecule has 0 saturated heterocycles. The van der Waals surface area contributed by atoms with E-state index in [1.807, 2.05) is 11.3 Å². The van der Waals surface area contributed by atoms with Gasteiger partial charge in [-0.25, -0.2) is 0 Å². The van der Waals surface area contributed by atoms with Crippen molar-refractivity contribution in [2.45, 2.75) is 52.9 Å². The maximum atomic E-state index is 4.26. The van der Waals surface area contributed by atoms with Crippen molar-refractivity contribution < 1.29 is 0 Å². The van der Waals surface area contributed by atoms with Crippen molar-refractivity contribution >= 4 is 17.0 Å². The molecule has 2 heteroatoms. The first kappa shape index (κ1) is 13.7. The fraction of sp³-hybridized carbons (Fsp3) is 0.625. The predicted octanol–water partition coefficient (Wildman–Crippen LogP) is 4.68. The third kappa shape index (κ3) is 3.17. The second-order valence-electron chi connectivity index (χ2n) is 5.47. The van der Waals surface area contributed by atoms with Crippen LogP contribution in [0, 0.1) is 19.8 Å². The topological polar surface area (TPSA) is 12.0 Å². The Labute approximate surface area is 115 Å². The number of hydrogen-bond donors (Lipinski definition) is 1. The highest BCUT2D eigenvalue weighted by Gasteiger charge is 2.22. The molecule has 1 nitrogen and oxygen atoms in total. The van der Waals surface area contributed by atoms with Crippen LogP contribution >= 0.6 is 11.3 Å². The SMILES string of the molecule is C=C(NCC1CC1)c1c(C)sc(C)c1CCCC. The highest BCUT2D eigenvalue weighted by Crippen LogP contribution is 2.33. The van der Waals surface area contributed by atoms with E-state index in [-0.39, 0.29) is 0 Å². The van der Waals surface area contributed by atoms with Crippen molar-refractivity contribution in [2.24, 2.45) is 5.92 Å². The van der Waals surface area contributed by atoms with Crippen LogP contribution in [-0.2, 0) is 6.42 Å². The van der Waals surface area contributed by atoms with Crippen molar-refractivity contribution in [2.75, 3.05) is 6.54 Å². The summed E-state index contributed by atoms with van der Waals surface area (Å²) < 4.78 is 0. The molecule has 1 aliphatic carbocycles. The van der Waals surface area contributed by atoms with Crippen LogP contribution in [-0.4, -0.2) is 6.54 Å². The lowest BCUT2D eigenvalue weighted by atomic mass is 10.0. The van der Waals surface area contributed by atoms with Gasteiger partial charge in [0.2, 0.25) is 0 Å². The Bertz CT molecular complexity index is 427. The molecule has 1 saturated carbocycles. The van der Waals surface area contributed by atoms with Crippen LogP contribution in [0.5, 0.6) is 0 Å². The molecule has 1 aromatic heterocycles. The van der Waals surface area contributed by atoms with Gasteiger partial charge in [-0.2, -0.15) is 0 Å². The maximum Gasteiger partial charge on any atom is 0.0354 e. The van der Waals surface area contributed by atoms with E-state index < -0.39 is 0 Å². The fourth-order valence-corrected chi connectivity index (χ4v) is 3.59. The molecular formula is C16H25NS. The Morgan fingerprint density at radius 2 is 2.06 bits per heavy atom. The summed E-state index contributed by atoms with van der Waals surface area (Å²) in [4.78, 5) is 2.90. The van der Waals surface area contributed by atoms with Gasteiger partial charge in [0, 0.05) is 27.6 Å². The number of aryl methyl sites for hydroxylation is 2. The second-order valence-corrected chi connectivity index (χ2v) is 6.90.